The molecule has 0 aromatic rings. The molecule has 0 spiro atoms. The largest absolute Gasteiger partial charge is 0.480 e. The van der Waals surface area contributed by atoms with Crippen molar-refractivity contribution in [2.24, 2.45) is 10.8 Å². The highest BCUT2D eigenvalue weighted by Crippen LogP contribution is 2.48. The van der Waals surface area contributed by atoms with Gasteiger partial charge in [-0.1, -0.05) is 34.6 Å². The number of likely N-dealkylation sites (N-methyl/N-ethyl adjacent to an activating group) is 1. The van der Waals surface area contributed by atoms with Crippen LogP contribution in [-0.2, 0) is 4.79 Å². The molecule has 3 nitrogen and oxygen atoms in total. The number of carbonyl (C=O) groups is 1. The second-order valence-corrected chi connectivity index (χ2v) is 8.22. The topological polar surface area (TPSA) is 40.5 Å². The van der Waals surface area contributed by atoms with Gasteiger partial charge in [0.15, 0.2) is 0 Å². The molecule has 0 bridgehead atoms. The van der Waals surface area contributed by atoms with Crippen molar-refractivity contribution in [2.75, 3.05) is 6.54 Å². The number of carboxylic acids is 1. The maximum Gasteiger partial charge on any atom is 0.323 e. The van der Waals surface area contributed by atoms with Crippen LogP contribution in [0.4, 0.5) is 0 Å². The van der Waals surface area contributed by atoms with E-state index >= 15 is 0 Å². The Bertz CT molecular complexity index is 329. The van der Waals surface area contributed by atoms with Gasteiger partial charge in [0.25, 0.3) is 0 Å². The van der Waals surface area contributed by atoms with Crippen LogP contribution in [0.25, 0.3) is 0 Å². The van der Waals surface area contributed by atoms with Gasteiger partial charge >= 0.3 is 5.97 Å². The third-order valence-corrected chi connectivity index (χ3v) is 4.56. The lowest BCUT2D eigenvalue weighted by molar-refractivity contribution is -0.153. The minimum absolute atomic E-state index is 0.286. The zero-order chi connectivity index (χ0) is 15.1. The highest BCUT2D eigenvalue weighted by molar-refractivity contribution is 5.77. The van der Waals surface area contributed by atoms with E-state index in [1.807, 2.05) is 13.8 Å². The Hall–Kier alpha value is -0.570. The molecule has 1 saturated carbocycles. The number of rotatable bonds is 4. The van der Waals surface area contributed by atoms with Gasteiger partial charge in [0.1, 0.15) is 5.54 Å². The molecule has 3 heteroatoms. The predicted octanol–water partition coefficient (Wildman–Crippen LogP) is 3.78. The molecule has 0 saturated heterocycles. The SMILES string of the molecule is CCN(C1CC(C)(C)CC(C)(C)C1)C(C)(C)C(=O)O. The molecule has 1 aliphatic carbocycles. The van der Waals surface area contributed by atoms with Crippen molar-refractivity contribution in [3.63, 3.8) is 0 Å². The lowest BCUT2D eigenvalue weighted by atomic mass is 9.63. The molecule has 0 aromatic heterocycles. The van der Waals surface area contributed by atoms with Gasteiger partial charge in [-0.25, -0.2) is 0 Å². The van der Waals surface area contributed by atoms with Gasteiger partial charge in [-0.05, 0) is 50.5 Å². The van der Waals surface area contributed by atoms with E-state index in [9.17, 15) is 9.90 Å². The number of nitrogens with zero attached hydrogens (tertiary/aromatic N) is 1. The summed E-state index contributed by atoms with van der Waals surface area (Å²) in [6, 6.07) is 0.356. The fourth-order valence-corrected chi connectivity index (χ4v) is 4.24. The quantitative estimate of drug-likeness (QED) is 0.844. The third-order valence-electron chi connectivity index (χ3n) is 4.56. The first-order valence-corrected chi connectivity index (χ1v) is 7.41. The molecule has 1 fully saturated rings. The van der Waals surface area contributed by atoms with E-state index in [0.29, 0.717) is 6.04 Å². The van der Waals surface area contributed by atoms with Crippen molar-refractivity contribution in [3.8, 4) is 0 Å². The Morgan fingerprint density at radius 3 is 1.95 bits per heavy atom. The number of hydrogen-bond donors (Lipinski definition) is 1. The Balaban J connectivity index is 3.02. The molecular formula is C16H31NO2. The van der Waals surface area contributed by atoms with Gasteiger partial charge in [0.2, 0.25) is 0 Å². The molecule has 0 atom stereocenters. The van der Waals surface area contributed by atoms with E-state index in [0.717, 1.165) is 19.4 Å². The minimum atomic E-state index is -0.789. The van der Waals surface area contributed by atoms with E-state index in [4.69, 9.17) is 0 Å². The summed E-state index contributed by atoms with van der Waals surface area (Å²) in [6.07, 6.45) is 3.38. The summed E-state index contributed by atoms with van der Waals surface area (Å²) in [7, 11) is 0. The average molecular weight is 269 g/mol. The normalized spacial score (nSPS) is 23.6. The third kappa shape index (κ3) is 3.71. The summed E-state index contributed by atoms with van der Waals surface area (Å²) in [5.41, 5.74) is -0.217. The fraction of sp³-hybridized carbons (Fsp3) is 0.938. The van der Waals surface area contributed by atoms with Crippen LogP contribution in [0.15, 0.2) is 0 Å². The molecule has 1 rings (SSSR count). The lowest BCUT2D eigenvalue weighted by Gasteiger charge is -2.51. The zero-order valence-electron chi connectivity index (χ0n) is 13.7. The molecule has 19 heavy (non-hydrogen) atoms. The van der Waals surface area contributed by atoms with E-state index in [-0.39, 0.29) is 10.8 Å². The highest BCUT2D eigenvalue weighted by atomic mass is 16.4. The van der Waals surface area contributed by atoms with Crippen molar-refractivity contribution in [1.82, 2.24) is 4.90 Å². The van der Waals surface area contributed by atoms with Crippen molar-refractivity contribution in [3.05, 3.63) is 0 Å². The minimum Gasteiger partial charge on any atom is -0.480 e. The van der Waals surface area contributed by atoms with Crippen LogP contribution in [0.5, 0.6) is 0 Å². The van der Waals surface area contributed by atoms with Crippen molar-refractivity contribution in [1.29, 1.82) is 0 Å². The summed E-state index contributed by atoms with van der Waals surface area (Å²) in [6.45, 7) is 15.7. The first kappa shape index (κ1) is 16.5. The molecule has 0 aliphatic heterocycles. The van der Waals surface area contributed by atoms with E-state index in [1.165, 1.54) is 6.42 Å². The Morgan fingerprint density at radius 1 is 1.21 bits per heavy atom. The molecule has 0 radical (unpaired) electrons. The molecule has 0 unspecified atom stereocenters. The van der Waals surface area contributed by atoms with Crippen LogP contribution < -0.4 is 0 Å². The summed E-state index contributed by atoms with van der Waals surface area (Å²) < 4.78 is 0. The van der Waals surface area contributed by atoms with Crippen molar-refractivity contribution < 1.29 is 9.90 Å². The van der Waals surface area contributed by atoms with Gasteiger partial charge in [-0.3, -0.25) is 9.69 Å². The molecular weight excluding hydrogens is 238 g/mol. The van der Waals surface area contributed by atoms with E-state index in [2.05, 4.69) is 39.5 Å². The Morgan fingerprint density at radius 2 is 1.63 bits per heavy atom. The second-order valence-electron chi connectivity index (χ2n) is 8.22. The van der Waals surface area contributed by atoms with Crippen molar-refractivity contribution in [2.45, 2.75) is 79.3 Å². The summed E-state index contributed by atoms with van der Waals surface area (Å²) in [5.74, 6) is -0.726. The van der Waals surface area contributed by atoms with Gasteiger partial charge < -0.3 is 5.11 Å². The smallest absolute Gasteiger partial charge is 0.323 e. The fourth-order valence-electron chi connectivity index (χ4n) is 4.24. The van der Waals surface area contributed by atoms with E-state index < -0.39 is 11.5 Å². The maximum atomic E-state index is 11.5. The summed E-state index contributed by atoms with van der Waals surface area (Å²) >= 11 is 0. The first-order valence-electron chi connectivity index (χ1n) is 7.41. The number of aliphatic carboxylic acids is 1. The van der Waals surface area contributed by atoms with Crippen LogP contribution in [-0.4, -0.2) is 34.1 Å². The number of hydrogen-bond acceptors (Lipinski definition) is 2. The lowest BCUT2D eigenvalue weighted by Crippen LogP contribution is -2.57. The Labute approximate surface area is 118 Å². The van der Waals surface area contributed by atoms with Crippen LogP contribution >= 0.6 is 0 Å². The second kappa shape index (κ2) is 5.08. The standard InChI is InChI=1S/C16H31NO2/c1-8-17(16(6,7)13(18)19)12-9-14(2,3)11-15(4,5)10-12/h12H,8-11H2,1-7H3,(H,18,19). The van der Waals surface area contributed by atoms with Gasteiger partial charge in [-0.2, -0.15) is 0 Å². The molecule has 0 heterocycles. The zero-order valence-corrected chi connectivity index (χ0v) is 13.7. The average Bonchev–Trinajstić information content (AvgIpc) is 2.12. The highest BCUT2D eigenvalue weighted by Gasteiger charge is 2.45. The van der Waals surface area contributed by atoms with Crippen LogP contribution in [0.3, 0.4) is 0 Å². The van der Waals surface area contributed by atoms with Gasteiger partial charge in [0, 0.05) is 6.04 Å². The monoisotopic (exact) mass is 269 g/mol. The molecule has 0 amide bonds. The van der Waals surface area contributed by atoms with Crippen molar-refractivity contribution >= 4 is 5.97 Å². The van der Waals surface area contributed by atoms with Crippen LogP contribution in [0, 0.1) is 10.8 Å². The van der Waals surface area contributed by atoms with E-state index in [1.54, 1.807) is 0 Å². The maximum absolute atomic E-state index is 11.5. The predicted molar refractivity (Wildman–Crippen MR) is 79.3 cm³/mol. The molecule has 1 N–H and O–H groups in total. The van der Waals surface area contributed by atoms with Gasteiger partial charge in [-0.15, -0.1) is 0 Å². The number of carboxylic acid groups (broad SMARTS) is 1. The summed E-state index contributed by atoms with van der Waals surface area (Å²) in [5, 5.41) is 9.49. The van der Waals surface area contributed by atoms with Crippen LogP contribution in [0.2, 0.25) is 0 Å². The summed E-state index contributed by atoms with van der Waals surface area (Å²) in [4.78, 5) is 13.7. The molecule has 112 valence electrons. The Kier molecular flexibility index (Phi) is 4.41. The van der Waals surface area contributed by atoms with Crippen LogP contribution in [0.1, 0.15) is 67.7 Å². The molecule has 0 aromatic carbocycles. The van der Waals surface area contributed by atoms with Gasteiger partial charge in [0.05, 0.1) is 0 Å². The first-order chi connectivity index (χ1) is 8.41. The molecule has 1 aliphatic rings.